The van der Waals surface area contributed by atoms with Crippen molar-refractivity contribution < 1.29 is 4.79 Å². The van der Waals surface area contributed by atoms with Gasteiger partial charge in [0, 0.05) is 5.41 Å². The highest BCUT2D eigenvalue weighted by atomic mass is 16.1. The van der Waals surface area contributed by atoms with E-state index < -0.39 is 0 Å². The van der Waals surface area contributed by atoms with Crippen LogP contribution in [0.1, 0.15) is 97.8 Å². The number of unbranched alkanes of at least 4 members (excludes halogenated alkanes) is 6. The van der Waals surface area contributed by atoms with Crippen LogP contribution in [0.5, 0.6) is 0 Å². The molecule has 1 atom stereocenters. The molecule has 1 unspecified atom stereocenters. The number of allylic oxidation sites excluding steroid dienone is 6. The van der Waals surface area contributed by atoms with E-state index in [1.807, 2.05) is 0 Å². The van der Waals surface area contributed by atoms with E-state index in [0.717, 1.165) is 38.4 Å². The Balaban J connectivity index is 3.37. The molecule has 0 rings (SSSR count). The van der Waals surface area contributed by atoms with Crippen molar-refractivity contribution in [2.45, 2.75) is 97.8 Å². The van der Waals surface area contributed by atoms with Crippen LogP contribution in [0.25, 0.3) is 0 Å². The molecule has 0 aliphatic rings. The molecule has 0 aromatic rings. The average Bonchev–Trinajstić information content (AvgIpc) is 2.61. The third kappa shape index (κ3) is 14.5. The minimum Gasteiger partial charge on any atom is -0.303 e. The largest absolute Gasteiger partial charge is 0.303 e. The summed E-state index contributed by atoms with van der Waals surface area (Å²) < 4.78 is 0. The summed E-state index contributed by atoms with van der Waals surface area (Å²) in [5, 5.41) is 0. The van der Waals surface area contributed by atoms with Crippen molar-refractivity contribution in [2.75, 3.05) is 0 Å². The SMILES string of the molecule is CC/C=C\C/C=C\C/C=C\CCCCCCCCC(C)(C=O)CC. The quantitative estimate of drug-likeness (QED) is 0.162. The highest BCUT2D eigenvalue weighted by molar-refractivity contribution is 5.58. The molecule has 0 radical (unpaired) electrons. The number of carbonyl (C=O) groups excluding carboxylic acids is 1. The molecule has 0 aromatic carbocycles. The predicted octanol–water partition coefficient (Wildman–Crippen LogP) is 7.58. The van der Waals surface area contributed by atoms with Gasteiger partial charge in [-0.1, -0.05) is 89.3 Å². The summed E-state index contributed by atoms with van der Waals surface area (Å²) in [6, 6.07) is 0. The molecule has 1 nitrogen and oxygen atoms in total. The van der Waals surface area contributed by atoms with Crippen LogP contribution >= 0.6 is 0 Å². The molecule has 0 N–H and O–H groups in total. The van der Waals surface area contributed by atoms with Gasteiger partial charge >= 0.3 is 0 Å². The van der Waals surface area contributed by atoms with E-state index in [1.54, 1.807) is 0 Å². The molecule has 0 saturated carbocycles. The fourth-order valence-electron chi connectivity index (χ4n) is 2.64. The van der Waals surface area contributed by atoms with Gasteiger partial charge in [0.05, 0.1) is 0 Å². The highest BCUT2D eigenvalue weighted by Crippen LogP contribution is 2.25. The van der Waals surface area contributed by atoms with E-state index in [-0.39, 0.29) is 5.41 Å². The second-order valence-corrected chi connectivity index (χ2v) is 7.08. The average molecular weight is 333 g/mol. The number of aldehydes is 1. The summed E-state index contributed by atoms with van der Waals surface area (Å²) in [7, 11) is 0. The maximum atomic E-state index is 11.0. The first-order valence-corrected chi connectivity index (χ1v) is 10.1. The van der Waals surface area contributed by atoms with Crippen molar-refractivity contribution in [1.29, 1.82) is 0 Å². The van der Waals surface area contributed by atoms with E-state index >= 15 is 0 Å². The fourth-order valence-corrected chi connectivity index (χ4v) is 2.64. The van der Waals surface area contributed by atoms with Crippen LogP contribution in [0.4, 0.5) is 0 Å². The summed E-state index contributed by atoms with van der Waals surface area (Å²) in [5.41, 5.74) is -0.0778. The molecule has 0 saturated heterocycles. The van der Waals surface area contributed by atoms with E-state index in [2.05, 4.69) is 57.2 Å². The van der Waals surface area contributed by atoms with Gasteiger partial charge in [0.25, 0.3) is 0 Å². The first kappa shape index (κ1) is 22.9. The Kier molecular flexibility index (Phi) is 16.0. The minimum absolute atomic E-state index is 0.0778. The molecule has 0 amide bonds. The zero-order chi connectivity index (χ0) is 17.9. The number of hydrogen-bond acceptors (Lipinski definition) is 1. The molecule has 138 valence electrons. The van der Waals surface area contributed by atoms with Crippen molar-refractivity contribution >= 4 is 6.29 Å². The van der Waals surface area contributed by atoms with Crippen molar-refractivity contribution in [3.05, 3.63) is 36.5 Å². The highest BCUT2D eigenvalue weighted by Gasteiger charge is 2.19. The van der Waals surface area contributed by atoms with Crippen molar-refractivity contribution in [3.63, 3.8) is 0 Å². The standard InChI is InChI=1S/C23H40O/c1-4-6-7-8-9-10-11-12-13-14-15-16-17-18-19-20-21-23(3,5-2)22-24/h6-7,9-10,12-13,22H,4-5,8,11,14-21H2,1-3H3/b7-6-,10-9-,13-12-. The Morgan fingerprint density at radius 3 is 1.83 bits per heavy atom. The summed E-state index contributed by atoms with van der Waals surface area (Å²) in [6.45, 7) is 6.36. The van der Waals surface area contributed by atoms with Crippen molar-refractivity contribution in [1.82, 2.24) is 0 Å². The Morgan fingerprint density at radius 1 is 0.708 bits per heavy atom. The zero-order valence-corrected chi connectivity index (χ0v) is 16.4. The van der Waals surface area contributed by atoms with Crippen LogP contribution in [-0.2, 0) is 4.79 Å². The summed E-state index contributed by atoms with van der Waals surface area (Å²) in [5.74, 6) is 0. The Hall–Kier alpha value is -1.11. The van der Waals surface area contributed by atoms with Gasteiger partial charge in [-0.05, 0) is 44.9 Å². The summed E-state index contributed by atoms with van der Waals surface area (Å²) in [6.07, 6.45) is 28.9. The second kappa shape index (κ2) is 16.7. The Bertz CT molecular complexity index is 364. The van der Waals surface area contributed by atoms with Crippen LogP contribution in [-0.4, -0.2) is 6.29 Å². The lowest BCUT2D eigenvalue weighted by molar-refractivity contribution is -0.116. The normalized spacial score (nSPS) is 14.8. The molecule has 24 heavy (non-hydrogen) atoms. The molecule has 0 aliphatic heterocycles. The Morgan fingerprint density at radius 2 is 1.25 bits per heavy atom. The fraction of sp³-hybridized carbons (Fsp3) is 0.696. The monoisotopic (exact) mass is 332 g/mol. The molecule has 0 spiro atoms. The minimum atomic E-state index is -0.0778. The first-order valence-electron chi connectivity index (χ1n) is 10.1. The predicted molar refractivity (Wildman–Crippen MR) is 108 cm³/mol. The lowest BCUT2D eigenvalue weighted by Gasteiger charge is -2.20. The van der Waals surface area contributed by atoms with Gasteiger partial charge in [0.2, 0.25) is 0 Å². The molecule has 0 aromatic heterocycles. The van der Waals surface area contributed by atoms with Gasteiger partial charge in [-0.2, -0.15) is 0 Å². The van der Waals surface area contributed by atoms with Gasteiger partial charge in [0.15, 0.2) is 0 Å². The number of hydrogen-bond donors (Lipinski definition) is 0. The molecule has 0 bridgehead atoms. The van der Waals surface area contributed by atoms with E-state index in [4.69, 9.17) is 0 Å². The lowest BCUT2D eigenvalue weighted by atomic mass is 9.84. The second-order valence-electron chi connectivity index (χ2n) is 7.08. The van der Waals surface area contributed by atoms with E-state index in [9.17, 15) is 4.79 Å². The smallest absolute Gasteiger partial charge is 0.125 e. The molecule has 0 aliphatic carbocycles. The van der Waals surface area contributed by atoms with Crippen LogP contribution < -0.4 is 0 Å². The number of carbonyl (C=O) groups is 1. The third-order valence-corrected chi connectivity index (χ3v) is 4.74. The van der Waals surface area contributed by atoms with Crippen LogP contribution in [0.2, 0.25) is 0 Å². The Labute approximate surface area is 151 Å². The van der Waals surface area contributed by atoms with Gasteiger partial charge in [-0.15, -0.1) is 0 Å². The van der Waals surface area contributed by atoms with E-state index in [0.29, 0.717) is 0 Å². The first-order chi connectivity index (χ1) is 11.7. The van der Waals surface area contributed by atoms with Crippen LogP contribution in [0, 0.1) is 5.41 Å². The topological polar surface area (TPSA) is 17.1 Å². The summed E-state index contributed by atoms with van der Waals surface area (Å²) in [4.78, 5) is 11.0. The van der Waals surface area contributed by atoms with Crippen LogP contribution in [0.3, 0.4) is 0 Å². The molecule has 0 heterocycles. The maximum Gasteiger partial charge on any atom is 0.125 e. The third-order valence-electron chi connectivity index (χ3n) is 4.74. The zero-order valence-electron chi connectivity index (χ0n) is 16.4. The van der Waals surface area contributed by atoms with Crippen LogP contribution in [0.15, 0.2) is 36.5 Å². The molecule has 1 heteroatoms. The number of rotatable bonds is 16. The van der Waals surface area contributed by atoms with Gasteiger partial charge < -0.3 is 4.79 Å². The van der Waals surface area contributed by atoms with E-state index in [1.165, 1.54) is 44.9 Å². The van der Waals surface area contributed by atoms with Gasteiger partial charge in [-0.3, -0.25) is 0 Å². The molecular formula is C23H40O. The molecular weight excluding hydrogens is 292 g/mol. The van der Waals surface area contributed by atoms with Crippen molar-refractivity contribution in [2.24, 2.45) is 5.41 Å². The van der Waals surface area contributed by atoms with Gasteiger partial charge in [0.1, 0.15) is 6.29 Å². The maximum absolute atomic E-state index is 11.0. The lowest BCUT2D eigenvalue weighted by Crippen LogP contribution is -2.16. The van der Waals surface area contributed by atoms with Crippen molar-refractivity contribution in [3.8, 4) is 0 Å². The van der Waals surface area contributed by atoms with Gasteiger partial charge in [-0.25, -0.2) is 0 Å². The molecule has 0 fully saturated rings. The summed E-state index contributed by atoms with van der Waals surface area (Å²) >= 11 is 0.